The minimum Gasteiger partial charge on any atom is -0.491 e. The number of rotatable bonds is 6. The van der Waals surface area contributed by atoms with E-state index in [1.165, 1.54) is 19.1 Å². The minimum absolute atomic E-state index is 0.0140. The number of sulfonamides is 1. The van der Waals surface area contributed by atoms with Gasteiger partial charge in [0.05, 0.1) is 5.02 Å². The molecule has 0 fully saturated rings. The molecule has 0 amide bonds. The predicted molar refractivity (Wildman–Crippen MR) is 78.1 cm³/mol. The molecule has 0 spiro atoms. The summed E-state index contributed by atoms with van der Waals surface area (Å²) in [5.74, 6) is 0.0172. The van der Waals surface area contributed by atoms with E-state index in [1.54, 1.807) is 6.92 Å². The molecule has 22 heavy (non-hydrogen) atoms. The van der Waals surface area contributed by atoms with Crippen LogP contribution in [0.2, 0.25) is 5.02 Å². The first-order chi connectivity index (χ1) is 10.3. The summed E-state index contributed by atoms with van der Waals surface area (Å²) in [7, 11) is -3.73. The van der Waals surface area contributed by atoms with Crippen molar-refractivity contribution in [2.75, 3.05) is 13.2 Å². The van der Waals surface area contributed by atoms with Gasteiger partial charge < -0.3 is 9.26 Å². The molecule has 0 saturated heterocycles. The molecule has 0 radical (unpaired) electrons. The molecule has 0 atom stereocenters. The van der Waals surface area contributed by atoms with Crippen LogP contribution in [0.25, 0.3) is 0 Å². The Morgan fingerprint density at radius 3 is 2.73 bits per heavy atom. The Morgan fingerprint density at radius 1 is 1.41 bits per heavy atom. The maximum atomic E-state index is 12.9. The second kappa shape index (κ2) is 6.64. The zero-order valence-corrected chi connectivity index (χ0v) is 13.5. The van der Waals surface area contributed by atoms with Crippen LogP contribution >= 0.6 is 11.6 Å². The maximum absolute atomic E-state index is 12.9. The highest BCUT2D eigenvalue weighted by molar-refractivity contribution is 7.89. The van der Waals surface area contributed by atoms with E-state index in [1.807, 2.05) is 0 Å². The van der Waals surface area contributed by atoms with Gasteiger partial charge in [0.15, 0.2) is 5.76 Å². The summed E-state index contributed by atoms with van der Waals surface area (Å²) in [6.45, 7) is 3.11. The summed E-state index contributed by atoms with van der Waals surface area (Å²) in [5, 5.41) is 3.72. The highest BCUT2D eigenvalue weighted by atomic mass is 35.5. The quantitative estimate of drug-likeness (QED) is 0.811. The topological polar surface area (TPSA) is 81.4 Å². The lowest BCUT2D eigenvalue weighted by atomic mass is 10.3. The Morgan fingerprint density at radius 2 is 2.14 bits per heavy atom. The van der Waals surface area contributed by atoms with Crippen LogP contribution in [0.1, 0.15) is 11.5 Å². The molecule has 1 aromatic heterocycles. The number of nitrogens with zero attached hydrogens (tertiary/aromatic N) is 1. The SMILES string of the molecule is Cc1noc(C)c1S(=O)(=O)NCCOc1ccc(F)cc1Cl. The molecule has 1 N–H and O–H groups in total. The van der Waals surface area contributed by atoms with Crippen LogP contribution < -0.4 is 9.46 Å². The highest BCUT2D eigenvalue weighted by Crippen LogP contribution is 2.24. The number of halogens is 2. The van der Waals surface area contributed by atoms with Gasteiger partial charge in [0, 0.05) is 6.54 Å². The van der Waals surface area contributed by atoms with Gasteiger partial charge in [0.2, 0.25) is 10.0 Å². The van der Waals surface area contributed by atoms with Crippen molar-refractivity contribution < 1.29 is 22.1 Å². The largest absolute Gasteiger partial charge is 0.491 e. The molecular weight excluding hydrogens is 335 g/mol. The molecule has 0 aliphatic heterocycles. The molecule has 9 heteroatoms. The first kappa shape index (κ1) is 16.7. The van der Waals surface area contributed by atoms with E-state index in [2.05, 4.69) is 9.88 Å². The van der Waals surface area contributed by atoms with Gasteiger partial charge in [-0.05, 0) is 32.0 Å². The molecule has 6 nitrogen and oxygen atoms in total. The van der Waals surface area contributed by atoms with Gasteiger partial charge in [-0.2, -0.15) is 0 Å². The van der Waals surface area contributed by atoms with Crippen molar-refractivity contribution in [2.24, 2.45) is 0 Å². The molecule has 2 aromatic rings. The molecular formula is C13H14ClFN2O4S. The predicted octanol–water partition coefficient (Wildman–Crippen LogP) is 2.44. The fraction of sp³-hybridized carbons (Fsp3) is 0.308. The first-order valence-electron chi connectivity index (χ1n) is 6.31. The summed E-state index contributed by atoms with van der Waals surface area (Å²) in [5.41, 5.74) is 0.285. The van der Waals surface area contributed by atoms with E-state index < -0.39 is 15.8 Å². The normalized spacial score (nSPS) is 11.6. The lowest BCUT2D eigenvalue weighted by Gasteiger charge is -2.09. The van der Waals surface area contributed by atoms with Crippen molar-refractivity contribution in [1.82, 2.24) is 9.88 Å². The van der Waals surface area contributed by atoms with Crippen LogP contribution in [0.15, 0.2) is 27.6 Å². The second-order valence-corrected chi connectivity index (χ2v) is 6.59. The minimum atomic E-state index is -3.73. The van der Waals surface area contributed by atoms with Gasteiger partial charge >= 0.3 is 0 Å². The molecule has 1 aromatic carbocycles. The number of aryl methyl sites for hydroxylation is 2. The standard InChI is InChI=1S/C13H14ClFN2O4S/c1-8-13(9(2)21-17-8)22(18,19)16-5-6-20-12-4-3-10(15)7-11(12)14/h3-4,7,16H,5-6H2,1-2H3. The molecule has 0 aliphatic rings. The summed E-state index contributed by atoms with van der Waals surface area (Å²) in [4.78, 5) is 0.0207. The highest BCUT2D eigenvalue weighted by Gasteiger charge is 2.23. The van der Waals surface area contributed by atoms with E-state index >= 15 is 0 Å². The van der Waals surface area contributed by atoms with Crippen molar-refractivity contribution in [3.05, 3.63) is 40.5 Å². The number of ether oxygens (including phenoxy) is 1. The lowest BCUT2D eigenvalue weighted by molar-refractivity contribution is 0.322. The van der Waals surface area contributed by atoms with Crippen LogP contribution in [-0.2, 0) is 10.0 Å². The van der Waals surface area contributed by atoms with Gasteiger partial charge in [-0.3, -0.25) is 0 Å². The maximum Gasteiger partial charge on any atom is 0.246 e. The third kappa shape index (κ3) is 3.76. The van der Waals surface area contributed by atoms with E-state index in [0.29, 0.717) is 0 Å². The third-order valence-corrected chi connectivity index (χ3v) is 4.78. The Balaban J connectivity index is 1.94. The first-order valence-corrected chi connectivity index (χ1v) is 8.18. The zero-order valence-electron chi connectivity index (χ0n) is 11.9. The average molecular weight is 349 g/mol. The van der Waals surface area contributed by atoms with E-state index in [9.17, 15) is 12.8 Å². The Labute approximate surface area is 132 Å². The van der Waals surface area contributed by atoms with Crippen LogP contribution in [0.3, 0.4) is 0 Å². The van der Waals surface area contributed by atoms with Crippen molar-refractivity contribution in [1.29, 1.82) is 0 Å². The summed E-state index contributed by atoms with van der Waals surface area (Å²) in [6, 6.07) is 3.70. The van der Waals surface area contributed by atoms with Crippen molar-refractivity contribution >= 4 is 21.6 Å². The van der Waals surface area contributed by atoms with Crippen molar-refractivity contribution in [3.63, 3.8) is 0 Å². The smallest absolute Gasteiger partial charge is 0.246 e. The summed E-state index contributed by atoms with van der Waals surface area (Å²) < 4.78 is 49.6. The fourth-order valence-electron chi connectivity index (χ4n) is 1.86. The van der Waals surface area contributed by atoms with E-state index in [-0.39, 0.29) is 40.3 Å². The van der Waals surface area contributed by atoms with Crippen LogP contribution in [0.4, 0.5) is 4.39 Å². The number of aromatic nitrogens is 1. The van der Waals surface area contributed by atoms with Gasteiger partial charge in [-0.25, -0.2) is 17.5 Å². The average Bonchev–Trinajstić information content (AvgIpc) is 2.77. The van der Waals surface area contributed by atoms with Crippen molar-refractivity contribution in [3.8, 4) is 5.75 Å². The zero-order chi connectivity index (χ0) is 16.3. The Bertz CT molecular complexity index is 757. The number of hydrogen-bond donors (Lipinski definition) is 1. The number of benzene rings is 1. The monoisotopic (exact) mass is 348 g/mol. The molecule has 0 saturated carbocycles. The van der Waals surface area contributed by atoms with Crippen LogP contribution in [-0.4, -0.2) is 26.7 Å². The second-order valence-electron chi connectivity index (χ2n) is 4.47. The van der Waals surface area contributed by atoms with Gasteiger partial charge in [-0.15, -0.1) is 0 Å². The lowest BCUT2D eigenvalue weighted by Crippen LogP contribution is -2.29. The fourth-order valence-corrected chi connectivity index (χ4v) is 3.42. The molecule has 1 heterocycles. The molecule has 2 rings (SSSR count). The van der Waals surface area contributed by atoms with Gasteiger partial charge in [-0.1, -0.05) is 16.8 Å². The third-order valence-electron chi connectivity index (χ3n) is 2.78. The van der Waals surface area contributed by atoms with Crippen LogP contribution in [0, 0.1) is 19.7 Å². The van der Waals surface area contributed by atoms with Gasteiger partial charge in [0.1, 0.15) is 28.8 Å². The molecule has 0 bridgehead atoms. The van der Waals surface area contributed by atoms with E-state index in [4.69, 9.17) is 20.9 Å². The van der Waals surface area contributed by atoms with Crippen LogP contribution in [0.5, 0.6) is 5.75 Å². The molecule has 0 unspecified atom stereocenters. The van der Waals surface area contributed by atoms with Gasteiger partial charge in [0.25, 0.3) is 0 Å². The number of hydrogen-bond acceptors (Lipinski definition) is 5. The Kier molecular flexibility index (Phi) is 5.05. The van der Waals surface area contributed by atoms with Crippen molar-refractivity contribution in [2.45, 2.75) is 18.7 Å². The molecule has 0 aliphatic carbocycles. The number of nitrogens with one attached hydrogen (secondary N) is 1. The van der Waals surface area contributed by atoms with E-state index in [0.717, 1.165) is 6.07 Å². The Hall–Kier alpha value is -1.64. The summed E-state index contributed by atoms with van der Waals surface area (Å²) >= 11 is 5.80. The summed E-state index contributed by atoms with van der Waals surface area (Å²) in [6.07, 6.45) is 0. The molecule has 120 valence electrons.